The Balaban J connectivity index is 1.62. The topological polar surface area (TPSA) is 110 Å². The van der Waals surface area contributed by atoms with Gasteiger partial charge in [0, 0.05) is 88.7 Å². The predicted octanol–water partition coefficient (Wildman–Crippen LogP) is 7.89. The Bertz CT molecular complexity index is 1360. The third-order valence-corrected chi connectivity index (χ3v) is 9.57. The molecule has 234 valence electrons. The van der Waals surface area contributed by atoms with Gasteiger partial charge in [-0.05, 0) is 75.9 Å². The Labute approximate surface area is 263 Å². The number of nitrogen functional groups attached to an aromatic ring is 1. The molecular formula is C32H44N3O6S2+. The van der Waals surface area contributed by atoms with Gasteiger partial charge in [-0.1, -0.05) is 41.6 Å². The normalized spacial score (nSPS) is 17.8. The second kappa shape index (κ2) is 15.1. The van der Waals surface area contributed by atoms with Crippen LogP contribution >= 0.6 is 24.1 Å². The van der Waals surface area contributed by atoms with Crippen LogP contribution in [-0.2, 0) is 29.6 Å². The number of unbranched alkanes of at least 4 members (excludes halogenated alkanes) is 2. The summed E-state index contributed by atoms with van der Waals surface area (Å²) in [5.41, 5.74) is 15.4. The van der Waals surface area contributed by atoms with Crippen LogP contribution in [0.1, 0.15) is 70.1 Å². The molecule has 2 aliphatic heterocycles. The molecule has 2 aromatic rings. The number of hydrogen-bond acceptors (Lipinski definition) is 10. The molecule has 2 aliphatic rings. The molecule has 0 amide bonds. The summed E-state index contributed by atoms with van der Waals surface area (Å²) in [6, 6.07) is 12.9. The highest BCUT2D eigenvalue weighted by molar-refractivity contribution is 7.94. The van der Waals surface area contributed by atoms with Crippen LogP contribution in [0.4, 0.5) is 17.1 Å². The quantitative estimate of drug-likeness (QED) is 0.0423. The summed E-state index contributed by atoms with van der Waals surface area (Å²) in [5, 5.41) is 24.2. The SMILES string of the molecule is Cc1ccc2c(c1)C(C)(C)C(/C=C/C=C1/N(CCCCSOOO)c3ccc(N)cc3C1(C)C)=[N+]2CCCCSOOO. The van der Waals surface area contributed by atoms with Gasteiger partial charge in [0.15, 0.2) is 5.71 Å². The van der Waals surface area contributed by atoms with Crippen molar-refractivity contribution in [1.82, 2.24) is 0 Å². The maximum Gasteiger partial charge on any atom is 0.209 e. The van der Waals surface area contributed by atoms with Gasteiger partial charge in [-0.15, -0.1) is 8.67 Å². The molecule has 0 aliphatic carbocycles. The lowest BCUT2D eigenvalue weighted by Gasteiger charge is -2.27. The van der Waals surface area contributed by atoms with Crippen molar-refractivity contribution in [2.75, 3.05) is 35.2 Å². The van der Waals surface area contributed by atoms with Gasteiger partial charge in [-0.3, -0.25) is 0 Å². The van der Waals surface area contributed by atoms with E-state index in [0.717, 1.165) is 80.1 Å². The van der Waals surface area contributed by atoms with Crippen LogP contribution in [0.3, 0.4) is 0 Å². The predicted molar refractivity (Wildman–Crippen MR) is 175 cm³/mol. The average molecular weight is 631 g/mol. The minimum absolute atomic E-state index is 0.154. The average Bonchev–Trinajstić information content (AvgIpc) is 3.30. The molecule has 4 rings (SSSR count). The summed E-state index contributed by atoms with van der Waals surface area (Å²) in [6.07, 6.45) is 10.5. The zero-order chi connectivity index (χ0) is 31.0. The Morgan fingerprint density at radius 2 is 1.58 bits per heavy atom. The minimum Gasteiger partial charge on any atom is -0.399 e. The van der Waals surface area contributed by atoms with Crippen molar-refractivity contribution in [2.45, 2.75) is 71.1 Å². The molecule has 0 bridgehead atoms. The maximum atomic E-state index is 8.38. The lowest BCUT2D eigenvalue weighted by Crippen LogP contribution is -2.28. The number of nitrogens with two attached hydrogens (primary N) is 1. The second-order valence-electron chi connectivity index (χ2n) is 12.0. The van der Waals surface area contributed by atoms with Gasteiger partial charge >= 0.3 is 0 Å². The summed E-state index contributed by atoms with van der Waals surface area (Å²) < 4.78 is 11.5. The van der Waals surface area contributed by atoms with Crippen molar-refractivity contribution < 1.29 is 33.8 Å². The van der Waals surface area contributed by atoms with Crippen molar-refractivity contribution in [2.24, 2.45) is 0 Å². The zero-order valence-electron chi connectivity index (χ0n) is 25.7. The van der Waals surface area contributed by atoms with Crippen LogP contribution in [0.5, 0.6) is 0 Å². The van der Waals surface area contributed by atoms with E-state index >= 15 is 0 Å². The number of nitrogens with zero attached hydrogens (tertiary/aromatic N) is 2. The van der Waals surface area contributed by atoms with Crippen LogP contribution in [0.15, 0.2) is 60.3 Å². The van der Waals surface area contributed by atoms with E-state index in [0.29, 0.717) is 0 Å². The van der Waals surface area contributed by atoms with E-state index in [4.69, 9.17) is 16.2 Å². The number of rotatable bonds is 16. The molecule has 0 unspecified atom stereocenters. The summed E-state index contributed by atoms with van der Waals surface area (Å²) >= 11 is 2.20. The molecular weight excluding hydrogens is 587 g/mol. The van der Waals surface area contributed by atoms with E-state index in [1.807, 2.05) is 6.07 Å². The maximum absolute atomic E-state index is 8.38. The summed E-state index contributed by atoms with van der Waals surface area (Å²) in [6.45, 7) is 13.0. The van der Waals surface area contributed by atoms with E-state index in [1.165, 1.54) is 39.5 Å². The molecule has 9 nitrogen and oxygen atoms in total. The number of benzene rings is 2. The van der Waals surface area contributed by atoms with E-state index < -0.39 is 0 Å². The van der Waals surface area contributed by atoms with Crippen molar-refractivity contribution in [1.29, 1.82) is 0 Å². The summed E-state index contributed by atoms with van der Waals surface area (Å²) in [4.78, 5) is 2.41. The zero-order valence-corrected chi connectivity index (χ0v) is 27.3. The first-order chi connectivity index (χ1) is 20.6. The van der Waals surface area contributed by atoms with Crippen LogP contribution in [0.2, 0.25) is 0 Å². The third-order valence-electron chi connectivity index (χ3n) is 8.35. The Kier molecular flexibility index (Phi) is 11.8. The lowest BCUT2D eigenvalue weighted by molar-refractivity contribution is -0.438. The molecule has 0 saturated carbocycles. The fourth-order valence-electron chi connectivity index (χ4n) is 6.17. The Morgan fingerprint density at radius 1 is 0.884 bits per heavy atom. The van der Waals surface area contributed by atoms with Crippen molar-refractivity contribution in [3.8, 4) is 0 Å². The molecule has 0 saturated heterocycles. The number of aryl methyl sites for hydroxylation is 1. The molecule has 0 atom stereocenters. The van der Waals surface area contributed by atoms with Crippen LogP contribution in [0, 0.1) is 6.92 Å². The Morgan fingerprint density at radius 3 is 2.28 bits per heavy atom. The molecule has 0 spiro atoms. The largest absolute Gasteiger partial charge is 0.399 e. The van der Waals surface area contributed by atoms with Gasteiger partial charge < -0.3 is 10.6 Å². The Hall–Kier alpha value is -2.35. The monoisotopic (exact) mass is 630 g/mol. The second-order valence-corrected chi connectivity index (χ2v) is 13.6. The van der Waals surface area contributed by atoms with Gasteiger partial charge in [0.05, 0.1) is 5.41 Å². The molecule has 11 heteroatoms. The number of anilines is 2. The van der Waals surface area contributed by atoms with Crippen molar-refractivity contribution >= 4 is 46.9 Å². The van der Waals surface area contributed by atoms with E-state index in [1.54, 1.807) is 0 Å². The molecule has 4 N–H and O–H groups in total. The number of allylic oxidation sites excluding steroid dienone is 4. The van der Waals surface area contributed by atoms with Crippen LogP contribution in [-0.4, -0.2) is 45.4 Å². The third kappa shape index (κ3) is 7.66. The molecule has 2 aromatic carbocycles. The van der Waals surface area contributed by atoms with E-state index in [9.17, 15) is 0 Å². The van der Waals surface area contributed by atoms with Gasteiger partial charge in [0.2, 0.25) is 5.69 Å². The highest BCUT2D eigenvalue weighted by Gasteiger charge is 2.44. The first-order valence-electron chi connectivity index (χ1n) is 14.6. The molecule has 0 radical (unpaired) electrons. The fourth-order valence-corrected chi connectivity index (χ4v) is 7.03. The van der Waals surface area contributed by atoms with Gasteiger partial charge in [-0.25, -0.2) is 10.5 Å². The number of hydrogen-bond donors (Lipinski definition) is 3. The molecule has 43 heavy (non-hydrogen) atoms. The number of fused-ring (bicyclic) bond motifs is 2. The van der Waals surface area contributed by atoms with E-state index in [2.05, 4.69) is 111 Å². The fraction of sp³-hybridized carbons (Fsp3) is 0.469. The van der Waals surface area contributed by atoms with Crippen LogP contribution in [0.25, 0.3) is 0 Å². The summed E-state index contributed by atoms with van der Waals surface area (Å²) in [5.74, 6) is 1.45. The van der Waals surface area contributed by atoms with Crippen molar-refractivity contribution in [3.63, 3.8) is 0 Å². The highest BCUT2D eigenvalue weighted by Crippen LogP contribution is 2.48. The van der Waals surface area contributed by atoms with Crippen LogP contribution < -0.4 is 10.6 Å². The van der Waals surface area contributed by atoms with E-state index in [-0.39, 0.29) is 10.8 Å². The molecule has 0 aromatic heterocycles. The lowest BCUT2D eigenvalue weighted by atomic mass is 9.80. The van der Waals surface area contributed by atoms with Gasteiger partial charge in [0.25, 0.3) is 0 Å². The molecule has 2 heterocycles. The standard InChI is InChI=1S/C32H43N3O6S2/c1-23-13-15-27-25(21-23)31(2,3)29(34(27)17-6-8-19-42-40-38-36)11-10-12-30-32(4,5)26-22-24(33)14-16-28(26)35(30)18-7-9-20-43-41-39-37/h10-16,21-22H,6-9,17-20,33H2,1-5H3,(H-,36,37)/p+1. The van der Waals surface area contributed by atoms with Gasteiger partial charge in [0.1, 0.15) is 6.54 Å². The summed E-state index contributed by atoms with van der Waals surface area (Å²) in [7, 11) is 0. The smallest absolute Gasteiger partial charge is 0.209 e. The van der Waals surface area contributed by atoms with Crippen molar-refractivity contribution in [3.05, 3.63) is 77.0 Å². The minimum atomic E-state index is -0.217. The first-order valence-corrected chi connectivity index (χ1v) is 16.5. The van der Waals surface area contributed by atoms with Gasteiger partial charge in [-0.2, -0.15) is 4.58 Å². The first kappa shape index (κ1) is 33.5. The molecule has 0 fully saturated rings. The highest BCUT2D eigenvalue weighted by atomic mass is 32.2.